The van der Waals surface area contributed by atoms with Gasteiger partial charge in [0.05, 0.1) is 5.57 Å². The lowest BCUT2D eigenvalue weighted by atomic mass is 9.90. The van der Waals surface area contributed by atoms with Gasteiger partial charge in [-0.1, -0.05) is 24.5 Å². The van der Waals surface area contributed by atoms with Gasteiger partial charge in [0.25, 0.3) is 0 Å². The van der Waals surface area contributed by atoms with Crippen LogP contribution in [0, 0.1) is 11.8 Å². The number of carbonyl (C=O) groups is 3. The van der Waals surface area contributed by atoms with Crippen molar-refractivity contribution in [2.75, 3.05) is 0 Å². The van der Waals surface area contributed by atoms with Crippen LogP contribution in [0.5, 0.6) is 0 Å². The van der Waals surface area contributed by atoms with Gasteiger partial charge in [-0.2, -0.15) is 0 Å². The Labute approximate surface area is 139 Å². The van der Waals surface area contributed by atoms with Crippen molar-refractivity contribution in [1.82, 2.24) is 0 Å². The van der Waals surface area contributed by atoms with E-state index in [9.17, 15) is 19.5 Å². The van der Waals surface area contributed by atoms with Crippen LogP contribution in [0.1, 0.15) is 26.7 Å². The van der Waals surface area contributed by atoms with E-state index < -0.39 is 36.0 Å². The quantitative estimate of drug-likeness (QED) is 0.570. The molecule has 0 aromatic rings. The molecule has 1 heterocycles. The third-order valence-corrected chi connectivity index (χ3v) is 3.63. The minimum Gasteiger partial charge on any atom is -0.455 e. The number of carbonyl (C=O) groups excluding carboxylic acids is 3. The number of aliphatic hydroxyl groups excluding tert-OH is 1. The molecule has 0 spiro atoms. The fourth-order valence-electron chi connectivity index (χ4n) is 2.32. The molecular formula is C18H18O6. The predicted molar refractivity (Wildman–Crippen MR) is 84.4 cm³/mol. The summed E-state index contributed by atoms with van der Waals surface area (Å²) in [5.41, 5.74) is 0.942. The molecule has 0 unspecified atom stereocenters. The highest BCUT2D eigenvalue weighted by atomic mass is 16.6. The molecule has 6 heteroatoms. The van der Waals surface area contributed by atoms with Gasteiger partial charge in [-0.25, -0.2) is 4.79 Å². The number of ketones is 1. The lowest BCUT2D eigenvalue weighted by molar-refractivity contribution is -0.168. The molecule has 1 N–H and O–H groups in total. The zero-order chi connectivity index (χ0) is 17.9. The topological polar surface area (TPSA) is 89.9 Å². The molecule has 3 atom stereocenters. The second-order valence-electron chi connectivity index (χ2n) is 5.61. The van der Waals surface area contributed by atoms with Crippen LogP contribution in [0.4, 0.5) is 0 Å². The smallest absolute Gasteiger partial charge is 0.334 e. The molecule has 126 valence electrons. The minimum atomic E-state index is -1.49. The number of ether oxygens (including phenoxy) is 2. The molecule has 0 fully saturated rings. The summed E-state index contributed by atoms with van der Waals surface area (Å²) in [7, 11) is 0. The number of aliphatic hydroxyl groups is 1. The summed E-state index contributed by atoms with van der Waals surface area (Å²) >= 11 is 0. The molecule has 0 saturated carbocycles. The van der Waals surface area contributed by atoms with Gasteiger partial charge in [-0.15, -0.1) is 0 Å². The van der Waals surface area contributed by atoms with Crippen LogP contribution in [0.15, 0.2) is 35.5 Å². The number of esters is 2. The largest absolute Gasteiger partial charge is 0.455 e. The van der Waals surface area contributed by atoms with Crippen molar-refractivity contribution in [3.63, 3.8) is 0 Å². The van der Waals surface area contributed by atoms with Crippen molar-refractivity contribution in [3.05, 3.63) is 35.5 Å². The predicted octanol–water partition coefficient (Wildman–Crippen LogP) is 1.000. The first-order valence-electron chi connectivity index (χ1n) is 7.48. The van der Waals surface area contributed by atoms with Crippen molar-refractivity contribution in [1.29, 1.82) is 0 Å². The first kappa shape index (κ1) is 17.7. The molecule has 2 bridgehead atoms. The van der Waals surface area contributed by atoms with E-state index in [4.69, 9.17) is 9.47 Å². The van der Waals surface area contributed by atoms with Crippen LogP contribution in [0.3, 0.4) is 0 Å². The molecule has 1 aliphatic heterocycles. The summed E-state index contributed by atoms with van der Waals surface area (Å²) in [5, 5.41) is 10.3. The Morgan fingerprint density at radius 3 is 2.79 bits per heavy atom. The maximum atomic E-state index is 12.4. The van der Waals surface area contributed by atoms with Gasteiger partial charge in [-0.05, 0) is 31.4 Å². The van der Waals surface area contributed by atoms with E-state index in [1.54, 1.807) is 13.0 Å². The monoisotopic (exact) mass is 330 g/mol. The highest BCUT2D eigenvalue weighted by Crippen LogP contribution is 2.23. The Kier molecular flexibility index (Phi) is 5.37. The summed E-state index contributed by atoms with van der Waals surface area (Å²) in [4.78, 5) is 35.7. The molecule has 0 aromatic heterocycles. The SMILES string of the molecule is C=C1C#CC2=C[C@@H](OC(C)=O)[C@H](O)[C@@H](OC(=O)/C(C)=C/CC1)C2=O. The van der Waals surface area contributed by atoms with Crippen LogP contribution in [0.2, 0.25) is 0 Å². The van der Waals surface area contributed by atoms with Gasteiger partial charge in [-0.3, -0.25) is 9.59 Å². The van der Waals surface area contributed by atoms with Gasteiger partial charge < -0.3 is 14.6 Å². The second kappa shape index (κ2) is 7.28. The normalized spacial score (nSPS) is 29.6. The van der Waals surface area contributed by atoms with Gasteiger partial charge in [0, 0.05) is 12.5 Å². The maximum absolute atomic E-state index is 12.4. The molecule has 2 rings (SSSR count). The van der Waals surface area contributed by atoms with Crippen LogP contribution in [-0.2, 0) is 23.9 Å². The van der Waals surface area contributed by atoms with Crippen molar-refractivity contribution in [2.45, 2.75) is 45.0 Å². The number of allylic oxidation sites excluding steroid dienone is 2. The highest BCUT2D eigenvalue weighted by Gasteiger charge is 2.42. The fraction of sp³-hybridized carbons (Fsp3) is 0.389. The van der Waals surface area contributed by atoms with Gasteiger partial charge in [0.2, 0.25) is 5.78 Å². The number of Topliss-reactive ketones (excluding diaryl/α,β-unsaturated/α-hetero) is 1. The zero-order valence-corrected chi connectivity index (χ0v) is 13.5. The van der Waals surface area contributed by atoms with Crippen LogP contribution in [-0.4, -0.2) is 41.1 Å². The lowest BCUT2D eigenvalue weighted by Gasteiger charge is -2.30. The molecule has 6 nitrogen and oxygen atoms in total. The Balaban J connectivity index is 2.47. The van der Waals surface area contributed by atoms with Crippen LogP contribution >= 0.6 is 0 Å². The zero-order valence-electron chi connectivity index (χ0n) is 13.5. The summed E-state index contributed by atoms with van der Waals surface area (Å²) in [6, 6.07) is 0. The molecule has 0 saturated heterocycles. The van der Waals surface area contributed by atoms with E-state index in [0.717, 1.165) is 0 Å². The molecule has 0 radical (unpaired) electrons. The number of fused-ring (bicyclic) bond motifs is 2. The summed E-state index contributed by atoms with van der Waals surface area (Å²) < 4.78 is 10.1. The Bertz CT molecular complexity index is 716. The van der Waals surface area contributed by atoms with Gasteiger partial charge in [0.15, 0.2) is 12.2 Å². The van der Waals surface area contributed by atoms with Gasteiger partial charge >= 0.3 is 11.9 Å². The number of rotatable bonds is 1. The van der Waals surface area contributed by atoms with E-state index in [1.165, 1.54) is 13.0 Å². The Morgan fingerprint density at radius 1 is 1.42 bits per heavy atom. The fourth-order valence-corrected chi connectivity index (χ4v) is 2.32. The van der Waals surface area contributed by atoms with E-state index >= 15 is 0 Å². The summed E-state index contributed by atoms with van der Waals surface area (Å²) in [6.07, 6.45) is -0.0575. The molecular weight excluding hydrogens is 312 g/mol. The molecule has 1 aliphatic carbocycles. The first-order valence-corrected chi connectivity index (χ1v) is 7.48. The maximum Gasteiger partial charge on any atom is 0.334 e. The van der Waals surface area contributed by atoms with Crippen molar-refractivity contribution >= 4 is 17.7 Å². The average Bonchev–Trinajstić information content (AvgIpc) is 2.51. The average molecular weight is 330 g/mol. The van der Waals surface area contributed by atoms with E-state index in [2.05, 4.69) is 18.4 Å². The summed E-state index contributed by atoms with van der Waals surface area (Å²) in [6.45, 7) is 6.54. The van der Waals surface area contributed by atoms with E-state index in [-0.39, 0.29) is 5.57 Å². The lowest BCUT2D eigenvalue weighted by Crippen LogP contribution is -2.49. The number of hydrogen-bond donors (Lipinski definition) is 1. The van der Waals surface area contributed by atoms with Crippen molar-refractivity contribution < 1.29 is 29.0 Å². The molecule has 0 aromatic carbocycles. The standard InChI is InChI=1S/C18H18O6/c1-10-5-4-6-11(2)18(22)24-17-15(20)13(8-7-10)9-14(16(17)21)23-12(3)19/h6,9,14,16-17,21H,1,4-5H2,2-3H3/b11-6+/t14-,16+,17+/m1/s1. The first-order chi connectivity index (χ1) is 11.3. The Hall–Kier alpha value is -2.65. The Morgan fingerprint density at radius 2 is 2.12 bits per heavy atom. The van der Waals surface area contributed by atoms with Crippen LogP contribution in [0.25, 0.3) is 0 Å². The van der Waals surface area contributed by atoms with Crippen molar-refractivity contribution in [3.8, 4) is 11.8 Å². The molecule has 0 amide bonds. The molecule has 2 aliphatic rings. The third-order valence-electron chi connectivity index (χ3n) is 3.63. The number of hydrogen-bond acceptors (Lipinski definition) is 6. The van der Waals surface area contributed by atoms with E-state index in [0.29, 0.717) is 24.0 Å². The molecule has 24 heavy (non-hydrogen) atoms. The minimum absolute atomic E-state index is 0.0210. The van der Waals surface area contributed by atoms with E-state index in [1.807, 2.05) is 0 Å². The van der Waals surface area contributed by atoms with Gasteiger partial charge in [0.1, 0.15) is 6.10 Å². The van der Waals surface area contributed by atoms with Crippen LogP contribution < -0.4 is 0 Å². The summed E-state index contributed by atoms with van der Waals surface area (Å²) in [5.74, 6) is 3.46. The second-order valence-corrected chi connectivity index (χ2v) is 5.61. The van der Waals surface area contributed by atoms with Crippen molar-refractivity contribution in [2.24, 2.45) is 0 Å². The third kappa shape index (κ3) is 4.00. The highest BCUT2D eigenvalue weighted by molar-refractivity contribution is 6.05.